The van der Waals surface area contributed by atoms with Crippen LogP contribution in [0, 0.1) is 45.3 Å². The summed E-state index contributed by atoms with van der Waals surface area (Å²) in [6.07, 6.45) is -10.5. The van der Waals surface area contributed by atoms with Crippen LogP contribution in [0.25, 0.3) is 0 Å². The highest BCUT2D eigenvalue weighted by atomic mass is 16.8. The molecule has 6 aliphatic rings. The molecule has 9 N–H and O–H groups in total. The standard InChI is InChI=1S/C42H72O13/c1-21(2)10-9-14-42(8,51)22-11-16-41(7)29(22)23(45)18-27-39(5)15-13-28(38(3,4)26(39)12-17-40(27,41)6)54-37-35(33(49)31(47)25(20-44)53-37)55-36-34(50)32(48)30(46)24(19-43)52-36/h10,22-37,43-51H,9,11-20H2,1-8H3/t22-,23+,24+,25+,26-,27+,28?,29-,30+,31+,32-,33-,34+,35+,36-,37?,39-,40+,41+,42?/m0/s1/i1D3,2D3. The summed E-state index contributed by atoms with van der Waals surface area (Å²) in [6, 6.07) is 0. The van der Waals surface area contributed by atoms with Gasteiger partial charge in [-0.3, -0.25) is 0 Å². The normalized spacial score (nSPS) is 54.1. The molecule has 0 radical (unpaired) electrons. The zero-order valence-electron chi connectivity index (χ0n) is 39.3. The summed E-state index contributed by atoms with van der Waals surface area (Å²) in [4.78, 5) is 0. The highest BCUT2D eigenvalue weighted by Crippen LogP contribution is 2.76. The lowest BCUT2D eigenvalue weighted by Crippen LogP contribution is -2.68. The monoisotopic (exact) mass is 791 g/mol. The van der Waals surface area contributed by atoms with Crippen molar-refractivity contribution in [2.24, 2.45) is 45.3 Å². The van der Waals surface area contributed by atoms with Gasteiger partial charge in [-0.15, -0.1) is 0 Å². The summed E-state index contributed by atoms with van der Waals surface area (Å²) in [7, 11) is 0. The molecule has 0 bridgehead atoms. The Bertz CT molecular complexity index is 1560. The van der Waals surface area contributed by atoms with Crippen LogP contribution >= 0.6 is 0 Å². The van der Waals surface area contributed by atoms with Gasteiger partial charge in [0.2, 0.25) is 0 Å². The minimum atomic E-state index is -2.78. The first-order chi connectivity index (χ1) is 28.0. The average Bonchev–Trinajstić information content (AvgIpc) is 3.54. The van der Waals surface area contributed by atoms with Crippen molar-refractivity contribution in [3.63, 3.8) is 0 Å². The molecule has 0 spiro atoms. The van der Waals surface area contributed by atoms with Gasteiger partial charge in [-0.25, -0.2) is 0 Å². The molecule has 6 fully saturated rings. The van der Waals surface area contributed by atoms with Crippen molar-refractivity contribution in [1.82, 2.24) is 0 Å². The number of fused-ring (bicyclic) bond motifs is 5. The van der Waals surface area contributed by atoms with E-state index in [9.17, 15) is 46.0 Å². The maximum atomic E-state index is 12.2. The summed E-state index contributed by atoms with van der Waals surface area (Å²) >= 11 is 0. The van der Waals surface area contributed by atoms with Crippen LogP contribution in [0.5, 0.6) is 0 Å². The third-order valence-electron chi connectivity index (χ3n) is 16.4. The molecule has 3 unspecified atom stereocenters. The molecule has 4 aliphatic carbocycles. The molecule has 55 heavy (non-hydrogen) atoms. The largest absolute Gasteiger partial charge is 0.394 e. The van der Waals surface area contributed by atoms with Crippen LogP contribution in [-0.4, -0.2) is 138 Å². The third-order valence-corrected chi connectivity index (χ3v) is 16.4. The highest BCUT2D eigenvalue weighted by molar-refractivity contribution is 5.20. The molecule has 20 atom stereocenters. The molecule has 4 saturated carbocycles. The van der Waals surface area contributed by atoms with Crippen LogP contribution in [0.4, 0.5) is 0 Å². The fourth-order valence-electron chi connectivity index (χ4n) is 13.2. The first kappa shape index (κ1) is 36.1. The molecule has 318 valence electrons. The molecule has 0 aromatic rings. The van der Waals surface area contributed by atoms with Crippen LogP contribution in [0.1, 0.15) is 121 Å². The van der Waals surface area contributed by atoms with E-state index >= 15 is 0 Å². The van der Waals surface area contributed by atoms with Gasteiger partial charge in [-0.05, 0) is 124 Å². The zero-order valence-corrected chi connectivity index (χ0v) is 33.3. The molecular formula is C42H72O13. The predicted molar refractivity (Wildman–Crippen MR) is 201 cm³/mol. The lowest BCUT2D eigenvalue weighted by Gasteiger charge is -2.70. The number of rotatable bonds is 10. The van der Waals surface area contributed by atoms with E-state index in [1.807, 2.05) is 0 Å². The first-order valence-corrected chi connectivity index (χ1v) is 20.4. The van der Waals surface area contributed by atoms with Crippen LogP contribution in [0.2, 0.25) is 0 Å². The summed E-state index contributed by atoms with van der Waals surface area (Å²) in [5, 5.41) is 97.7. The second-order valence-electron chi connectivity index (χ2n) is 19.5. The fourth-order valence-corrected chi connectivity index (χ4v) is 13.2. The summed E-state index contributed by atoms with van der Waals surface area (Å²) in [5.74, 6) is -0.360. The number of allylic oxidation sites excluding steroid dienone is 2. The summed E-state index contributed by atoms with van der Waals surface area (Å²) in [5.41, 5.74) is -3.26. The van der Waals surface area contributed by atoms with Gasteiger partial charge < -0.3 is 64.9 Å². The molecule has 2 heterocycles. The fraction of sp³-hybridized carbons (Fsp3) is 0.952. The van der Waals surface area contributed by atoms with Crippen molar-refractivity contribution in [1.29, 1.82) is 0 Å². The van der Waals surface area contributed by atoms with E-state index in [-0.39, 0.29) is 52.8 Å². The molecule has 0 aromatic heterocycles. The van der Waals surface area contributed by atoms with Crippen molar-refractivity contribution in [2.75, 3.05) is 13.2 Å². The molecular weight excluding hydrogens is 712 g/mol. The summed E-state index contributed by atoms with van der Waals surface area (Å²) in [6.45, 7) is 5.95. The Morgan fingerprint density at radius 3 is 2.02 bits per heavy atom. The topological polar surface area (TPSA) is 219 Å². The van der Waals surface area contributed by atoms with Crippen molar-refractivity contribution in [3.8, 4) is 0 Å². The number of hydrogen-bond acceptors (Lipinski definition) is 13. The molecule has 0 aromatic carbocycles. The number of aliphatic hydroxyl groups excluding tert-OH is 8. The molecule has 6 rings (SSSR count). The SMILES string of the molecule is [2H]C([2H])([2H])C(=CCCC(C)(O)[C@H]1CC[C@]2(C)[C@@H]1[C@H](O)C[C@@H]1[C@@]3(C)CCC(OC4O[C@H](CO)[C@@H](O)[C@H](O)[C@H]4O[C@@H]4O[C@H](CO)[C@@H](O)[C@H](O)[C@H]4O)C(C)(C)[C@@H]3CC[C@]12C)C([2H])([2H])[2H]. The Hall–Kier alpha value is -0.780. The van der Waals surface area contributed by atoms with Crippen LogP contribution in [0.15, 0.2) is 11.6 Å². The lowest BCUT2D eigenvalue weighted by atomic mass is 9.35. The number of aliphatic hydroxyl groups is 9. The maximum absolute atomic E-state index is 12.2. The van der Waals surface area contributed by atoms with Gasteiger partial charge in [0.25, 0.3) is 0 Å². The Morgan fingerprint density at radius 1 is 0.764 bits per heavy atom. The van der Waals surface area contributed by atoms with Gasteiger partial charge in [0.05, 0.1) is 31.0 Å². The second kappa shape index (κ2) is 15.7. The minimum Gasteiger partial charge on any atom is -0.394 e. The van der Waals surface area contributed by atoms with E-state index in [4.69, 9.17) is 27.2 Å². The van der Waals surface area contributed by atoms with E-state index in [1.54, 1.807) is 6.92 Å². The van der Waals surface area contributed by atoms with E-state index < -0.39 is 117 Å². The van der Waals surface area contributed by atoms with Gasteiger partial charge in [-0.2, -0.15) is 0 Å². The highest BCUT2D eigenvalue weighted by Gasteiger charge is 2.71. The molecule has 13 heteroatoms. The van der Waals surface area contributed by atoms with Crippen LogP contribution in [0.3, 0.4) is 0 Å². The Balaban J connectivity index is 1.21. The van der Waals surface area contributed by atoms with Gasteiger partial charge in [0, 0.05) is 8.22 Å². The van der Waals surface area contributed by atoms with Crippen LogP contribution in [-0.2, 0) is 18.9 Å². The molecule has 2 aliphatic heterocycles. The quantitative estimate of drug-likeness (QED) is 0.115. The second-order valence-corrected chi connectivity index (χ2v) is 19.5. The van der Waals surface area contributed by atoms with Crippen LogP contribution < -0.4 is 0 Å². The smallest absolute Gasteiger partial charge is 0.187 e. The van der Waals surface area contributed by atoms with Gasteiger partial charge >= 0.3 is 0 Å². The van der Waals surface area contributed by atoms with Crippen molar-refractivity contribution in [3.05, 3.63) is 11.6 Å². The van der Waals surface area contributed by atoms with Gasteiger partial charge in [-0.1, -0.05) is 46.3 Å². The van der Waals surface area contributed by atoms with E-state index in [2.05, 4.69) is 34.6 Å². The number of ether oxygens (including phenoxy) is 4. The van der Waals surface area contributed by atoms with Gasteiger partial charge in [0.1, 0.15) is 48.8 Å². The van der Waals surface area contributed by atoms with Crippen molar-refractivity contribution >= 4 is 0 Å². The van der Waals surface area contributed by atoms with Crippen molar-refractivity contribution in [2.45, 2.75) is 192 Å². The zero-order chi connectivity index (χ0) is 45.6. The van der Waals surface area contributed by atoms with E-state index in [0.717, 1.165) is 19.3 Å². The Morgan fingerprint density at radius 2 is 1.38 bits per heavy atom. The first-order valence-electron chi connectivity index (χ1n) is 23.4. The van der Waals surface area contributed by atoms with E-state index in [1.165, 1.54) is 6.08 Å². The molecule has 2 saturated heterocycles. The van der Waals surface area contributed by atoms with E-state index in [0.29, 0.717) is 25.7 Å². The Kier molecular flexibility index (Phi) is 10.3. The molecule has 13 nitrogen and oxygen atoms in total. The maximum Gasteiger partial charge on any atom is 0.187 e. The third kappa shape index (κ3) is 7.20. The average molecular weight is 791 g/mol. The minimum absolute atomic E-state index is 0.0693. The lowest BCUT2D eigenvalue weighted by molar-refractivity contribution is -0.378. The molecule has 0 amide bonds. The summed E-state index contributed by atoms with van der Waals surface area (Å²) < 4.78 is 70.7. The predicted octanol–water partition coefficient (Wildman–Crippen LogP) is 2.15. The van der Waals surface area contributed by atoms with Gasteiger partial charge in [0.15, 0.2) is 12.6 Å². The van der Waals surface area contributed by atoms with Crippen molar-refractivity contribution < 1.29 is 73.1 Å². The number of hydrogen-bond donors (Lipinski definition) is 9. The Labute approximate surface area is 335 Å².